The molecule has 3 aromatic rings. The largest absolute Gasteiger partial charge is 0.311 e. The lowest BCUT2D eigenvalue weighted by atomic mass is 10.1. The van der Waals surface area contributed by atoms with Gasteiger partial charge in [-0.15, -0.1) is 21.5 Å². The minimum absolute atomic E-state index is 0.263. The SMILES string of the molecule is O=S(=O)(Nc1ccccc1-c1nnc2n1CCCCC2)c1ccc(Br)s1. The highest BCUT2D eigenvalue weighted by atomic mass is 79.9. The highest BCUT2D eigenvalue weighted by Crippen LogP contribution is 2.32. The van der Waals surface area contributed by atoms with Crippen molar-refractivity contribution in [3.05, 3.63) is 46.0 Å². The minimum Gasteiger partial charge on any atom is -0.311 e. The van der Waals surface area contributed by atoms with Gasteiger partial charge in [-0.1, -0.05) is 18.6 Å². The van der Waals surface area contributed by atoms with Gasteiger partial charge in [0.1, 0.15) is 10.0 Å². The van der Waals surface area contributed by atoms with Crippen molar-refractivity contribution < 1.29 is 8.42 Å². The molecule has 0 atom stereocenters. The molecule has 0 saturated heterocycles. The number of nitrogens with zero attached hydrogens (tertiary/aromatic N) is 3. The van der Waals surface area contributed by atoms with Crippen molar-refractivity contribution in [2.75, 3.05) is 4.72 Å². The Kier molecular flexibility index (Phi) is 4.85. The Labute approximate surface area is 164 Å². The molecular weight excluding hydrogens is 436 g/mol. The number of thiophene rings is 1. The van der Waals surface area contributed by atoms with Gasteiger partial charge >= 0.3 is 0 Å². The second-order valence-corrected chi connectivity index (χ2v) is 10.5. The molecule has 0 radical (unpaired) electrons. The second-order valence-electron chi connectivity index (χ2n) is 6.11. The second kappa shape index (κ2) is 7.13. The summed E-state index contributed by atoms with van der Waals surface area (Å²) < 4.78 is 31.3. The maximum atomic E-state index is 12.7. The lowest BCUT2D eigenvalue weighted by molar-refractivity contribution is 0.603. The zero-order valence-electron chi connectivity index (χ0n) is 13.9. The molecule has 0 bridgehead atoms. The van der Waals surface area contributed by atoms with Crippen LogP contribution in [0.25, 0.3) is 11.4 Å². The van der Waals surface area contributed by atoms with Crippen molar-refractivity contribution in [1.29, 1.82) is 0 Å². The number of anilines is 1. The summed E-state index contributed by atoms with van der Waals surface area (Å²) >= 11 is 4.49. The summed E-state index contributed by atoms with van der Waals surface area (Å²) in [5, 5.41) is 8.67. The van der Waals surface area contributed by atoms with Crippen LogP contribution in [0.2, 0.25) is 0 Å². The van der Waals surface area contributed by atoms with E-state index in [2.05, 4.69) is 35.4 Å². The van der Waals surface area contributed by atoms with E-state index in [0.29, 0.717) is 11.5 Å². The number of rotatable bonds is 4. The van der Waals surface area contributed by atoms with Crippen LogP contribution < -0.4 is 4.72 Å². The molecule has 9 heteroatoms. The molecule has 0 aliphatic carbocycles. The van der Waals surface area contributed by atoms with Crippen LogP contribution in [0.1, 0.15) is 25.1 Å². The van der Waals surface area contributed by atoms with Gasteiger partial charge in [0.15, 0.2) is 5.82 Å². The van der Waals surface area contributed by atoms with Gasteiger partial charge in [0, 0.05) is 18.5 Å². The molecule has 26 heavy (non-hydrogen) atoms. The predicted molar refractivity (Wildman–Crippen MR) is 106 cm³/mol. The lowest BCUT2D eigenvalue weighted by Gasteiger charge is -2.13. The van der Waals surface area contributed by atoms with Gasteiger partial charge in [-0.05, 0) is 53.0 Å². The minimum atomic E-state index is -3.65. The summed E-state index contributed by atoms with van der Waals surface area (Å²) in [7, 11) is -3.65. The Bertz CT molecular complexity index is 1040. The van der Waals surface area contributed by atoms with Crippen molar-refractivity contribution in [1.82, 2.24) is 14.8 Å². The van der Waals surface area contributed by atoms with Crippen LogP contribution in [0.4, 0.5) is 5.69 Å². The highest BCUT2D eigenvalue weighted by molar-refractivity contribution is 9.11. The number of fused-ring (bicyclic) bond motifs is 1. The van der Waals surface area contributed by atoms with Gasteiger partial charge in [-0.3, -0.25) is 4.72 Å². The van der Waals surface area contributed by atoms with Crippen molar-refractivity contribution in [2.45, 2.75) is 36.4 Å². The molecule has 1 aromatic carbocycles. The van der Waals surface area contributed by atoms with E-state index in [0.717, 1.165) is 41.0 Å². The molecule has 0 unspecified atom stereocenters. The summed E-state index contributed by atoms with van der Waals surface area (Å²) in [6.45, 7) is 0.858. The zero-order valence-corrected chi connectivity index (χ0v) is 17.1. The quantitative estimate of drug-likeness (QED) is 0.639. The van der Waals surface area contributed by atoms with E-state index >= 15 is 0 Å². The normalized spacial score (nSPS) is 14.7. The van der Waals surface area contributed by atoms with Crippen molar-refractivity contribution in [3.8, 4) is 11.4 Å². The Hall–Kier alpha value is -1.71. The van der Waals surface area contributed by atoms with Crippen molar-refractivity contribution in [3.63, 3.8) is 0 Å². The fourth-order valence-electron chi connectivity index (χ4n) is 3.09. The maximum absolute atomic E-state index is 12.7. The standard InChI is InChI=1S/C17H17BrN4O2S2/c18-14-9-10-16(25-14)26(23,24)21-13-7-4-3-6-12(13)17-20-19-15-8-2-1-5-11-22(15)17/h3-4,6-7,9-10,21H,1-2,5,8,11H2. The van der Waals surface area contributed by atoms with E-state index in [1.807, 2.05) is 18.2 Å². The van der Waals surface area contributed by atoms with Crippen LogP contribution in [0, 0.1) is 0 Å². The van der Waals surface area contributed by atoms with Gasteiger partial charge in [0.2, 0.25) is 0 Å². The molecule has 1 N–H and O–H groups in total. The van der Waals surface area contributed by atoms with Crippen LogP contribution in [-0.4, -0.2) is 23.2 Å². The van der Waals surface area contributed by atoms with Gasteiger partial charge in [0.05, 0.1) is 9.47 Å². The van der Waals surface area contributed by atoms with Gasteiger partial charge in [-0.25, -0.2) is 8.42 Å². The zero-order chi connectivity index (χ0) is 18.1. The van der Waals surface area contributed by atoms with Crippen LogP contribution in [-0.2, 0) is 23.0 Å². The molecule has 0 saturated carbocycles. The third-order valence-electron chi connectivity index (χ3n) is 4.34. The number of hydrogen-bond donors (Lipinski definition) is 1. The highest BCUT2D eigenvalue weighted by Gasteiger charge is 2.22. The maximum Gasteiger partial charge on any atom is 0.271 e. The molecule has 2 aromatic heterocycles. The third-order valence-corrected chi connectivity index (χ3v) is 7.82. The van der Waals surface area contributed by atoms with Crippen LogP contribution in [0.15, 0.2) is 44.4 Å². The topological polar surface area (TPSA) is 76.9 Å². The summed E-state index contributed by atoms with van der Waals surface area (Å²) in [6, 6.07) is 10.6. The number of halogens is 1. The summed E-state index contributed by atoms with van der Waals surface area (Å²) in [6.07, 6.45) is 4.27. The van der Waals surface area contributed by atoms with Crippen LogP contribution >= 0.6 is 27.3 Å². The first-order valence-corrected chi connectivity index (χ1v) is 11.4. The van der Waals surface area contributed by atoms with E-state index in [1.54, 1.807) is 18.2 Å². The Morgan fingerprint density at radius 3 is 2.73 bits per heavy atom. The van der Waals surface area contributed by atoms with E-state index in [9.17, 15) is 8.42 Å². The Morgan fingerprint density at radius 1 is 1.08 bits per heavy atom. The summed E-state index contributed by atoms with van der Waals surface area (Å²) in [5.74, 6) is 1.69. The number of sulfonamides is 1. The molecule has 136 valence electrons. The number of benzene rings is 1. The molecule has 3 heterocycles. The first-order valence-electron chi connectivity index (χ1n) is 8.34. The van der Waals surface area contributed by atoms with Gasteiger partial charge in [-0.2, -0.15) is 0 Å². The predicted octanol–water partition coefficient (Wildman–Crippen LogP) is 4.30. The van der Waals surface area contributed by atoms with E-state index in [1.165, 1.54) is 17.8 Å². The van der Waals surface area contributed by atoms with Crippen LogP contribution in [0.3, 0.4) is 0 Å². The summed E-state index contributed by atoms with van der Waals surface area (Å²) in [4.78, 5) is 0. The van der Waals surface area contributed by atoms with Crippen molar-refractivity contribution >= 4 is 43.0 Å². The number of nitrogens with one attached hydrogen (secondary N) is 1. The number of para-hydroxylation sites is 1. The first kappa shape index (κ1) is 17.7. The molecule has 4 rings (SSSR count). The smallest absolute Gasteiger partial charge is 0.271 e. The fourth-order valence-corrected chi connectivity index (χ4v) is 6.18. The van der Waals surface area contributed by atoms with Gasteiger partial charge in [0.25, 0.3) is 10.0 Å². The number of aryl methyl sites for hydroxylation is 1. The molecule has 1 aliphatic rings. The Morgan fingerprint density at radius 2 is 1.92 bits per heavy atom. The Balaban J connectivity index is 1.73. The average molecular weight is 453 g/mol. The summed E-state index contributed by atoms with van der Waals surface area (Å²) in [5.41, 5.74) is 1.25. The van der Waals surface area contributed by atoms with E-state index in [4.69, 9.17) is 0 Å². The molecular formula is C17H17BrN4O2S2. The molecule has 1 aliphatic heterocycles. The van der Waals surface area contributed by atoms with Crippen LogP contribution in [0.5, 0.6) is 0 Å². The molecule has 0 spiro atoms. The molecule has 0 amide bonds. The molecule has 6 nitrogen and oxygen atoms in total. The van der Waals surface area contributed by atoms with E-state index < -0.39 is 10.0 Å². The molecule has 0 fully saturated rings. The third kappa shape index (κ3) is 3.43. The lowest BCUT2D eigenvalue weighted by Crippen LogP contribution is -2.13. The average Bonchev–Trinajstić information content (AvgIpc) is 3.16. The van der Waals surface area contributed by atoms with Gasteiger partial charge < -0.3 is 4.57 Å². The van der Waals surface area contributed by atoms with E-state index in [-0.39, 0.29) is 4.21 Å². The number of hydrogen-bond acceptors (Lipinski definition) is 5. The fraction of sp³-hybridized carbons (Fsp3) is 0.294. The monoisotopic (exact) mass is 452 g/mol. The number of aromatic nitrogens is 3. The van der Waals surface area contributed by atoms with Crippen molar-refractivity contribution in [2.24, 2.45) is 0 Å². The first-order chi connectivity index (χ1) is 12.5.